The molecule has 0 bridgehead atoms. The normalized spacial score (nSPS) is 10.4. The second kappa shape index (κ2) is 8.91. The number of carbonyl (C=O) groups excluding carboxylic acids is 1. The van der Waals surface area contributed by atoms with Crippen LogP contribution in [0.4, 0.5) is 0 Å². The summed E-state index contributed by atoms with van der Waals surface area (Å²) in [6.07, 6.45) is 0.776. The van der Waals surface area contributed by atoms with Crippen molar-refractivity contribution in [3.63, 3.8) is 0 Å². The maximum absolute atomic E-state index is 11.8. The molecule has 1 rings (SSSR count). The van der Waals surface area contributed by atoms with Gasteiger partial charge in [-0.3, -0.25) is 4.79 Å². The van der Waals surface area contributed by atoms with E-state index in [1.165, 1.54) is 0 Å². The van der Waals surface area contributed by atoms with E-state index in [9.17, 15) is 4.79 Å². The molecule has 3 nitrogen and oxygen atoms in total. The molecule has 100 valence electrons. The summed E-state index contributed by atoms with van der Waals surface area (Å²) >= 11 is 12.2. The SMILES string of the molecule is O=C(NCCCOCCCl)c1cc(Br)cc(Br)c1. The third kappa shape index (κ3) is 6.18. The van der Waals surface area contributed by atoms with Gasteiger partial charge in [0.15, 0.2) is 0 Å². The number of carbonyl (C=O) groups is 1. The number of hydrogen-bond acceptors (Lipinski definition) is 2. The largest absolute Gasteiger partial charge is 0.380 e. The van der Waals surface area contributed by atoms with Crippen LogP contribution in [0.25, 0.3) is 0 Å². The van der Waals surface area contributed by atoms with Crippen molar-refractivity contribution in [3.05, 3.63) is 32.7 Å². The zero-order valence-corrected chi connectivity index (χ0v) is 13.6. The van der Waals surface area contributed by atoms with E-state index in [0.29, 0.717) is 31.2 Å². The highest BCUT2D eigenvalue weighted by Crippen LogP contribution is 2.19. The highest BCUT2D eigenvalue weighted by molar-refractivity contribution is 9.11. The van der Waals surface area contributed by atoms with Crippen LogP contribution in [0.5, 0.6) is 0 Å². The fraction of sp³-hybridized carbons (Fsp3) is 0.417. The molecule has 0 aliphatic heterocycles. The first kappa shape index (κ1) is 16.0. The molecule has 0 aliphatic carbocycles. The Morgan fingerprint density at radius 1 is 1.22 bits per heavy atom. The van der Waals surface area contributed by atoms with Gasteiger partial charge in [-0.1, -0.05) is 31.9 Å². The summed E-state index contributed by atoms with van der Waals surface area (Å²) in [5, 5.41) is 2.84. The van der Waals surface area contributed by atoms with Gasteiger partial charge in [-0.2, -0.15) is 0 Å². The van der Waals surface area contributed by atoms with Crippen LogP contribution in [0, 0.1) is 0 Å². The van der Waals surface area contributed by atoms with Gasteiger partial charge in [-0.15, -0.1) is 11.6 Å². The van der Waals surface area contributed by atoms with Crippen molar-refractivity contribution in [1.82, 2.24) is 5.32 Å². The molecule has 0 aromatic heterocycles. The first-order valence-electron chi connectivity index (χ1n) is 5.51. The van der Waals surface area contributed by atoms with E-state index in [1.54, 1.807) is 12.1 Å². The molecule has 0 fully saturated rings. The van der Waals surface area contributed by atoms with Gasteiger partial charge in [0.2, 0.25) is 0 Å². The lowest BCUT2D eigenvalue weighted by Gasteiger charge is -2.06. The average molecular weight is 400 g/mol. The number of nitrogens with one attached hydrogen (secondary N) is 1. The van der Waals surface area contributed by atoms with Crippen LogP contribution < -0.4 is 5.32 Å². The smallest absolute Gasteiger partial charge is 0.251 e. The van der Waals surface area contributed by atoms with Crippen LogP contribution in [0.3, 0.4) is 0 Å². The van der Waals surface area contributed by atoms with Crippen molar-refractivity contribution in [2.75, 3.05) is 25.6 Å². The van der Waals surface area contributed by atoms with Crippen LogP contribution in [-0.2, 0) is 4.74 Å². The predicted molar refractivity (Wildman–Crippen MR) is 80.3 cm³/mol. The lowest BCUT2D eigenvalue weighted by atomic mass is 10.2. The molecule has 1 aromatic rings. The summed E-state index contributed by atoms with van der Waals surface area (Å²) in [4.78, 5) is 11.8. The molecule has 0 saturated carbocycles. The first-order valence-corrected chi connectivity index (χ1v) is 7.63. The van der Waals surface area contributed by atoms with Crippen molar-refractivity contribution in [1.29, 1.82) is 0 Å². The number of halogens is 3. The number of rotatable bonds is 7. The zero-order chi connectivity index (χ0) is 13.4. The summed E-state index contributed by atoms with van der Waals surface area (Å²) in [5.74, 6) is 0.410. The van der Waals surface area contributed by atoms with Crippen LogP contribution >= 0.6 is 43.5 Å². The molecule has 0 spiro atoms. The molecule has 1 aromatic carbocycles. The van der Waals surface area contributed by atoms with Gasteiger partial charge in [0.05, 0.1) is 6.61 Å². The minimum atomic E-state index is -0.0886. The van der Waals surface area contributed by atoms with Gasteiger partial charge in [-0.05, 0) is 24.6 Å². The Bertz CT molecular complexity index is 381. The highest BCUT2D eigenvalue weighted by atomic mass is 79.9. The number of ether oxygens (including phenoxy) is 1. The molecule has 0 aliphatic rings. The molecule has 18 heavy (non-hydrogen) atoms. The quantitative estimate of drug-likeness (QED) is 0.562. The van der Waals surface area contributed by atoms with Gasteiger partial charge in [-0.25, -0.2) is 0 Å². The Morgan fingerprint density at radius 2 is 1.89 bits per heavy atom. The topological polar surface area (TPSA) is 38.3 Å². The number of hydrogen-bond donors (Lipinski definition) is 1. The Labute approximate surface area is 128 Å². The van der Waals surface area contributed by atoms with Gasteiger partial charge >= 0.3 is 0 Å². The van der Waals surface area contributed by atoms with Crippen molar-refractivity contribution in [2.24, 2.45) is 0 Å². The molecule has 0 unspecified atom stereocenters. The summed E-state index contributed by atoms with van der Waals surface area (Å²) < 4.78 is 6.95. The van der Waals surface area contributed by atoms with Gasteiger partial charge in [0.1, 0.15) is 0 Å². The first-order chi connectivity index (χ1) is 8.63. The van der Waals surface area contributed by atoms with Gasteiger partial charge in [0.25, 0.3) is 5.91 Å². The van der Waals surface area contributed by atoms with E-state index in [2.05, 4.69) is 37.2 Å². The molecule has 0 atom stereocenters. The van der Waals surface area contributed by atoms with Crippen molar-refractivity contribution < 1.29 is 9.53 Å². The monoisotopic (exact) mass is 397 g/mol. The van der Waals surface area contributed by atoms with Crippen LogP contribution in [0.1, 0.15) is 16.8 Å². The van der Waals surface area contributed by atoms with E-state index in [-0.39, 0.29) is 5.91 Å². The molecule has 6 heteroatoms. The summed E-state index contributed by atoms with van der Waals surface area (Å²) in [5.41, 5.74) is 0.623. The van der Waals surface area contributed by atoms with Crippen LogP contribution in [0.2, 0.25) is 0 Å². The Morgan fingerprint density at radius 3 is 2.50 bits per heavy atom. The van der Waals surface area contributed by atoms with Crippen LogP contribution in [-0.4, -0.2) is 31.5 Å². The standard InChI is InChI=1S/C12H14Br2ClNO2/c13-10-6-9(7-11(14)8-10)12(17)16-3-1-4-18-5-2-15/h6-8H,1-5H2,(H,16,17). The number of amides is 1. The minimum Gasteiger partial charge on any atom is -0.380 e. The fourth-order valence-electron chi connectivity index (χ4n) is 1.32. The van der Waals surface area contributed by atoms with E-state index in [0.717, 1.165) is 15.4 Å². The number of alkyl halides is 1. The Balaban J connectivity index is 2.32. The van der Waals surface area contributed by atoms with E-state index < -0.39 is 0 Å². The molecular weight excluding hydrogens is 385 g/mol. The van der Waals surface area contributed by atoms with E-state index in [4.69, 9.17) is 16.3 Å². The zero-order valence-electron chi connectivity index (χ0n) is 9.72. The summed E-state index contributed by atoms with van der Waals surface area (Å²) in [6, 6.07) is 5.45. The molecule has 0 heterocycles. The summed E-state index contributed by atoms with van der Waals surface area (Å²) in [7, 11) is 0. The molecule has 0 saturated heterocycles. The Hall–Kier alpha value is -0.100. The Kier molecular flexibility index (Phi) is 7.90. The number of benzene rings is 1. The third-order valence-corrected chi connectivity index (χ3v) is 3.17. The highest BCUT2D eigenvalue weighted by Gasteiger charge is 2.06. The predicted octanol–water partition coefficient (Wildman–Crippen LogP) is 3.59. The molecule has 1 amide bonds. The van der Waals surface area contributed by atoms with Crippen molar-refractivity contribution in [2.45, 2.75) is 6.42 Å². The third-order valence-electron chi connectivity index (χ3n) is 2.10. The fourth-order valence-corrected chi connectivity index (χ4v) is 2.72. The molecular formula is C12H14Br2ClNO2. The van der Waals surface area contributed by atoms with E-state index >= 15 is 0 Å². The maximum Gasteiger partial charge on any atom is 0.251 e. The van der Waals surface area contributed by atoms with Crippen molar-refractivity contribution >= 4 is 49.4 Å². The average Bonchev–Trinajstić information content (AvgIpc) is 2.32. The molecule has 1 N–H and O–H groups in total. The lowest BCUT2D eigenvalue weighted by molar-refractivity contribution is 0.0944. The van der Waals surface area contributed by atoms with E-state index in [1.807, 2.05) is 6.07 Å². The van der Waals surface area contributed by atoms with Crippen molar-refractivity contribution in [3.8, 4) is 0 Å². The summed E-state index contributed by atoms with van der Waals surface area (Å²) in [6.45, 7) is 1.74. The van der Waals surface area contributed by atoms with Crippen LogP contribution in [0.15, 0.2) is 27.1 Å². The second-order valence-electron chi connectivity index (χ2n) is 3.57. The second-order valence-corrected chi connectivity index (χ2v) is 5.78. The molecule has 0 radical (unpaired) electrons. The lowest BCUT2D eigenvalue weighted by Crippen LogP contribution is -2.25. The van der Waals surface area contributed by atoms with Gasteiger partial charge < -0.3 is 10.1 Å². The minimum absolute atomic E-state index is 0.0886. The van der Waals surface area contributed by atoms with Gasteiger partial charge in [0, 0.05) is 33.5 Å². The maximum atomic E-state index is 11.8.